The normalized spacial score (nSPS) is 19.2. The predicted octanol–water partition coefficient (Wildman–Crippen LogP) is 2.67. The van der Waals surface area contributed by atoms with E-state index in [-0.39, 0.29) is 5.25 Å². The summed E-state index contributed by atoms with van der Waals surface area (Å²) in [5, 5.41) is -0.123. The molecule has 0 amide bonds. The van der Waals surface area contributed by atoms with Gasteiger partial charge in [-0.15, -0.1) is 0 Å². The van der Waals surface area contributed by atoms with E-state index in [1.165, 1.54) is 0 Å². The Bertz CT molecular complexity index is 297. The van der Waals surface area contributed by atoms with Gasteiger partial charge in [-0.05, 0) is 31.1 Å². The van der Waals surface area contributed by atoms with Crippen molar-refractivity contribution < 1.29 is 8.42 Å². The van der Waals surface area contributed by atoms with Crippen molar-refractivity contribution >= 4 is 10.0 Å². The average Bonchev–Trinajstić information content (AvgIpc) is 2.64. The van der Waals surface area contributed by atoms with E-state index in [0.29, 0.717) is 12.0 Å². The minimum absolute atomic E-state index is 0.123. The van der Waals surface area contributed by atoms with Gasteiger partial charge >= 0.3 is 0 Å². The van der Waals surface area contributed by atoms with Crippen molar-refractivity contribution in [2.75, 3.05) is 6.54 Å². The standard InChI is InChI=1S/C12H25NO2S/c1-12(2,3)9-6-10-13-16(14,15)11-7-4-5-8-11/h11,13H,4-10H2,1-3H3. The van der Waals surface area contributed by atoms with Crippen molar-refractivity contribution in [3.63, 3.8) is 0 Å². The minimum Gasteiger partial charge on any atom is -0.215 e. The summed E-state index contributed by atoms with van der Waals surface area (Å²) in [6, 6.07) is 0. The SMILES string of the molecule is CC(C)(C)CCCNS(=O)(=O)C1CCCC1. The lowest BCUT2D eigenvalue weighted by Crippen LogP contribution is -2.33. The Hall–Kier alpha value is -0.0900. The number of rotatable bonds is 5. The molecule has 0 unspecified atom stereocenters. The summed E-state index contributed by atoms with van der Waals surface area (Å²) in [5.74, 6) is 0. The number of sulfonamides is 1. The fourth-order valence-electron chi connectivity index (χ4n) is 2.15. The van der Waals surface area contributed by atoms with Crippen LogP contribution in [0.2, 0.25) is 0 Å². The maximum Gasteiger partial charge on any atom is 0.214 e. The highest BCUT2D eigenvalue weighted by Gasteiger charge is 2.27. The summed E-state index contributed by atoms with van der Waals surface area (Å²) in [7, 11) is -3.03. The van der Waals surface area contributed by atoms with Crippen molar-refractivity contribution in [3.05, 3.63) is 0 Å². The third kappa shape index (κ3) is 4.83. The van der Waals surface area contributed by atoms with Gasteiger partial charge in [0, 0.05) is 6.54 Å². The molecule has 0 radical (unpaired) electrons. The Labute approximate surface area is 100 Å². The van der Waals surface area contributed by atoms with E-state index in [4.69, 9.17) is 0 Å². The van der Waals surface area contributed by atoms with Crippen LogP contribution in [0.1, 0.15) is 59.3 Å². The van der Waals surface area contributed by atoms with Gasteiger partial charge in [0.25, 0.3) is 0 Å². The first-order valence-corrected chi connectivity index (χ1v) is 7.84. The van der Waals surface area contributed by atoms with Crippen LogP contribution in [0.3, 0.4) is 0 Å². The first-order chi connectivity index (χ1) is 7.31. The summed E-state index contributed by atoms with van der Waals surface area (Å²) in [6.07, 6.45) is 5.79. The summed E-state index contributed by atoms with van der Waals surface area (Å²) in [4.78, 5) is 0. The Kier molecular flexibility index (Phi) is 4.80. The summed E-state index contributed by atoms with van der Waals surface area (Å²) in [5.41, 5.74) is 0.290. The molecule has 0 atom stereocenters. The second kappa shape index (κ2) is 5.50. The molecule has 0 saturated heterocycles. The molecular formula is C12H25NO2S. The molecule has 1 aliphatic carbocycles. The highest BCUT2D eigenvalue weighted by molar-refractivity contribution is 7.90. The van der Waals surface area contributed by atoms with Gasteiger partial charge in [-0.3, -0.25) is 0 Å². The number of hydrogen-bond acceptors (Lipinski definition) is 2. The number of hydrogen-bond donors (Lipinski definition) is 1. The summed E-state index contributed by atoms with van der Waals surface area (Å²) in [6.45, 7) is 7.13. The third-order valence-corrected chi connectivity index (χ3v) is 5.10. The third-order valence-electron chi connectivity index (χ3n) is 3.15. The lowest BCUT2D eigenvalue weighted by molar-refractivity contribution is 0.365. The van der Waals surface area contributed by atoms with E-state index in [1.807, 2.05) is 0 Å². The molecule has 1 saturated carbocycles. The molecule has 4 heteroatoms. The highest BCUT2D eigenvalue weighted by Crippen LogP contribution is 2.24. The molecule has 0 bridgehead atoms. The molecule has 96 valence electrons. The lowest BCUT2D eigenvalue weighted by Gasteiger charge is -2.18. The van der Waals surface area contributed by atoms with Crippen LogP contribution in [0, 0.1) is 5.41 Å². The summed E-state index contributed by atoms with van der Waals surface area (Å²) >= 11 is 0. The van der Waals surface area contributed by atoms with Gasteiger partial charge in [0.15, 0.2) is 0 Å². The quantitative estimate of drug-likeness (QED) is 0.759. The van der Waals surface area contributed by atoms with Crippen molar-refractivity contribution in [2.45, 2.75) is 64.5 Å². The van der Waals surface area contributed by atoms with Gasteiger partial charge in [0.1, 0.15) is 0 Å². The van der Waals surface area contributed by atoms with E-state index in [0.717, 1.165) is 38.5 Å². The Balaban J connectivity index is 2.26. The molecule has 16 heavy (non-hydrogen) atoms. The Morgan fingerprint density at radius 3 is 2.25 bits per heavy atom. The summed E-state index contributed by atoms with van der Waals surface area (Å²) < 4.78 is 26.4. The molecular weight excluding hydrogens is 222 g/mol. The second-order valence-corrected chi connectivity index (χ2v) is 8.06. The van der Waals surface area contributed by atoms with Gasteiger partial charge in [-0.25, -0.2) is 13.1 Å². The molecule has 0 spiro atoms. The van der Waals surface area contributed by atoms with Crippen LogP contribution in [0.15, 0.2) is 0 Å². The molecule has 0 aromatic carbocycles. The molecule has 3 nitrogen and oxygen atoms in total. The van der Waals surface area contributed by atoms with Crippen LogP contribution in [-0.4, -0.2) is 20.2 Å². The van der Waals surface area contributed by atoms with E-state index in [2.05, 4.69) is 25.5 Å². The van der Waals surface area contributed by atoms with Crippen LogP contribution >= 0.6 is 0 Å². The zero-order valence-electron chi connectivity index (χ0n) is 10.8. The zero-order chi connectivity index (χ0) is 12.2. The van der Waals surface area contributed by atoms with Crippen molar-refractivity contribution in [1.82, 2.24) is 4.72 Å². The molecule has 1 rings (SSSR count). The average molecular weight is 247 g/mol. The largest absolute Gasteiger partial charge is 0.215 e. The van der Waals surface area contributed by atoms with Gasteiger partial charge in [0.05, 0.1) is 5.25 Å². The molecule has 0 aromatic heterocycles. The maximum absolute atomic E-state index is 11.8. The first kappa shape index (κ1) is 14.0. The van der Waals surface area contributed by atoms with Crippen molar-refractivity contribution in [2.24, 2.45) is 5.41 Å². The van der Waals surface area contributed by atoms with Gasteiger partial charge in [-0.1, -0.05) is 33.6 Å². The first-order valence-electron chi connectivity index (χ1n) is 6.30. The van der Waals surface area contributed by atoms with Gasteiger partial charge in [0.2, 0.25) is 10.0 Å². The topological polar surface area (TPSA) is 46.2 Å². The van der Waals surface area contributed by atoms with E-state index in [9.17, 15) is 8.42 Å². The molecule has 1 N–H and O–H groups in total. The molecule has 1 fully saturated rings. The smallest absolute Gasteiger partial charge is 0.214 e. The van der Waals surface area contributed by atoms with E-state index < -0.39 is 10.0 Å². The fraction of sp³-hybridized carbons (Fsp3) is 1.00. The Morgan fingerprint density at radius 2 is 1.75 bits per heavy atom. The van der Waals surface area contributed by atoms with Crippen LogP contribution < -0.4 is 4.72 Å². The van der Waals surface area contributed by atoms with Crippen LogP contribution in [0.4, 0.5) is 0 Å². The fourth-order valence-corrected chi connectivity index (χ4v) is 3.77. The highest BCUT2D eigenvalue weighted by atomic mass is 32.2. The Morgan fingerprint density at radius 1 is 1.19 bits per heavy atom. The lowest BCUT2D eigenvalue weighted by atomic mass is 9.91. The van der Waals surface area contributed by atoms with E-state index in [1.54, 1.807) is 0 Å². The molecule has 0 heterocycles. The van der Waals surface area contributed by atoms with Crippen LogP contribution in [-0.2, 0) is 10.0 Å². The molecule has 0 aliphatic heterocycles. The predicted molar refractivity (Wildman–Crippen MR) is 67.9 cm³/mol. The monoisotopic (exact) mass is 247 g/mol. The molecule has 0 aromatic rings. The minimum atomic E-state index is -3.03. The van der Waals surface area contributed by atoms with E-state index >= 15 is 0 Å². The van der Waals surface area contributed by atoms with Gasteiger partial charge in [-0.2, -0.15) is 0 Å². The van der Waals surface area contributed by atoms with Crippen molar-refractivity contribution in [3.8, 4) is 0 Å². The van der Waals surface area contributed by atoms with Crippen molar-refractivity contribution in [1.29, 1.82) is 0 Å². The van der Waals surface area contributed by atoms with Crippen LogP contribution in [0.25, 0.3) is 0 Å². The number of nitrogens with one attached hydrogen (secondary N) is 1. The molecule has 1 aliphatic rings. The van der Waals surface area contributed by atoms with Gasteiger partial charge < -0.3 is 0 Å². The van der Waals surface area contributed by atoms with Crippen LogP contribution in [0.5, 0.6) is 0 Å². The second-order valence-electron chi connectivity index (χ2n) is 6.01. The zero-order valence-corrected chi connectivity index (χ0v) is 11.6. The maximum atomic E-state index is 11.8.